The molecule has 198 valence electrons. The van der Waals surface area contributed by atoms with Crippen LogP contribution in [0.2, 0.25) is 0 Å². The van der Waals surface area contributed by atoms with Gasteiger partial charge in [0.15, 0.2) is 0 Å². The molecule has 0 heterocycles. The first-order chi connectivity index (χ1) is 16.9. The van der Waals surface area contributed by atoms with E-state index in [2.05, 4.69) is 38.1 Å². The lowest BCUT2D eigenvalue weighted by molar-refractivity contribution is 0.00878. The molecule has 0 N–H and O–H groups in total. The van der Waals surface area contributed by atoms with E-state index in [9.17, 15) is 0 Å². The van der Waals surface area contributed by atoms with Gasteiger partial charge in [0.25, 0.3) is 0 Å². The van der Waals surface area contributed by atoms with Crippen LogP contribution in [-0.4, -0.2) is 46.2 Å². The monoisotopic (exact) mass is 478 g/mol. The van der Waals surface area contributed by atoms with E-state index in [0.717, 1.165) is 12.4 Å². The van der Waals surface area contributed by atoms with Crippen molar-refractivity contribution < 1.29 is 18.9 Å². The summed E-state index contributed by atoms with van der Waals surface area (Å²) in [6, 6.07) is 8.52. The fraction of sp³-hybridized carbons (Fsp3) is 0.800. The average Bonchev–Trinajstić information content (AvgIpc) is 2.86. The number of aryl methyl sites for hydroxylation is 1. The molecule has 0 aromatic heterocycles. The van der Waals surface area contributed by atoms with Crippen LogP contribution in [0.4, 0.5) is 0 Å². The molecule has 0 amide bonds. The Labute approximate surface area is 211 Å². The molecule has 0 aliphatic rings. The summed E-state index contributed by atoms with van der Waals surface area (Å²) in [6.07, 6.45) is 19.9. The van der Waals surface area contributed by atoms with Crippen molar-refractivity contribution >= 4 is 0 Å². The molecule has 0 unspecified atom stereocenters. The van der Waals surface area contributed by atoms with Crippen LogP contribution in [0, 0.1) is 0 Å². The molecule has 1 aromatic carbocycles. The third kappa shape index (κ3) is 20.3. The van der Waals surface area contributed by atoms with Gasteiger partial charge in [-0.3, -0.25) is 0 Å². The lowest BCUT2D eigenvalue weighted by Gasteiger charge is -2.09. The summed E-state index contributed by atoms with van der Waals surface area (Å²) in [5.74, 6) is 0.917. The number of hydrogen-bond donors (Lipinski definition) is 0. The van der Waals surface area contributed by atoms with Gasteiger partial charge in [0.05, 0.1) is 33.0 Å². The van der Waals surface area contributed by atoms with Crippen LogP contribution >= 0.6 is 0 Å². The van der Waals surface area contributed by atoms with Crippen molar-refractivity contribution in [2.24, 2.45) is 0 Å². The van der Waals surface area contributed by atoms with E-state index in [1.54, 1.807) is 0 Å². The number of hydrogen-bond acceptors (Lipinski definition) is 4. The Bertz CT molecular complexity index is 517. The summed E-state index contributed by atoms with van der Waals surface area (Å²) in [6.45, 7) is 9.05. The number of benzene rings is 1. The van der Waals surface area contributed by atoms with Crippen LogP contribution in [-0.2, 0) is 20.6 Å². The van der Waals surface area contributed by atoms with E-state index >= 15 is 0 Å². The summed E-state index contributed by atoms with van der Waals surface area (Å²) >= 11 is 0. The van der Waals surface area contributed by atoms with Crippen LogP contribution in [0.15, 0.2) is 24.3 Å². The predicted octanol–water partition coefficient (Wildman–Crippen LogP) is 8.16. The van der Waals surface area contributed by atoms with E-state index in [0.29, 0.717) is 39.6 Å². The highest BCUT2D eigenvalue weighted by atomic mass is 16.6. The zero-order valence-electron chi connectivity index (χ0n) is 22.5. The van der Waals surface area contributed by atoms with Crippen LogP contribution in [0.1, 0.15) is 109 Å². The van der Waals surface area contributed by atoms with Gasteiger partial charge in [-0.05, 0) is 37.0 Å². The normalized spacial score (nSPS) is 11.2. The Hall–Kier alpha value is -1.10. The molecule has 0 saturated heterocycles. The highest BCUT2D eigenvalue weighted by molar-refractivity contribution is 5.27. The van der Waals surface area contributed by atoms with Crippen molar-refractivity contribution in [2.45, 2.75) is 110 Å². The minimum atomic E-state index is 0.568. The topological polar surface area (TPSA) is 36.9 Å². The van der Waals surface area contributed by atoms with Gasteiger partial charge in [0.2, 0.25) is 0 Å². The van der Waals surface area contributed by atoms with Gasteiger partial charge in [0.1, 0.15) is 12.4 Å². The van der Waals surface area contributed by atoms with Gasteiger partial charge in [-0.2, -0.15) is 0 Å². The Morgan fingerprint density at radius 1 is 0.441 bits per heavy atom. The molecule has 1 aromatic rings. The largest absolute Gasteiger partial charge is 0.491 e. The van der Waals surface area contributed by atoms with Crippen LogP contribution in [0.3, 0.4) is 0 Å². The van der Waals surface area contributed by atoms with Crippen LogP contribution in [0.25, 0.3) is 0 Å². The summed E-state index contributed by atoms with van der Waals surface area (Å²) in [5.41, 5.74) is 1.40. The molecule has 0 spiro atoms. The first kappa shape index (κ1) is 30.9. The van der Waals surface area contributed by atoms with Crippen LogP contribution < -0.4 is 4.74 Å². The molecule has 4 heteroatoms. The maximum Gasteiger partial charge on any atom is 0.119 e. The van der Waals surface area contributed by atoms with Crippen molar-refractivity contribution in [3.8, 4) is 5.75 Å². The van der Waals surface area contributed by atoms with E-state index in [4.69, 9.17) is 18.9 Å². The van der Waals surface area contributed by atoms with Gasteiger partial charge in [-0.15, -0.1) is 0 Å². The molecule has 0 saturated carbocycles. The SMILES string of the molecule is CCCCCCCCCCOCCOCCOCCOc1ccc(CCCCCCCC)cc1. The maximum atomic E-state index is 5.77. The maximum absolute atomic E-state index is 5.77. The molecule has 0 fully saturated rings. The summed E-state index contributed by atoms with van der Waals surface area (Å²) in [5, 5.41) is 0. The number of unbranched alkanes of at least 4 members (excludes halogenated alkanes) is 12. The van der Waals surface area contributed by atoms with Crippen molar-refractivity contribution in [1.82, 2.24) is 0 Å². The second kappa shape index (κ2) is 25.0. The lowest BCUT2D eigenvalue weighted by atomic mass is 10.0. The summed E-state index contributed by atoms with van der Waals surface area (Å²) in [4.78, 5) is 0. The molecule has 0 bridgehead atoms. The molecule has 34 heavy (non-hydrogen) atoms. The first-order valence-electron chi connectivity index (χ1n) is 14.3. The highest BCUT2D eigenvalue weighted by Crippen LogP contribution is 2.15. The molecule has 0 aliphatic carbocycles. The molecule has 0 radical (unpaired) electrons. The lowest BCUT2D eigenvalue weighted by Crippen LogP contribution is -2.13. The number of ether oxygens (including phenoxy) is 4. The van der Waals surface area contributed by atoms with Gasteiger partial charge in [-0.1, -0.05) is 103 Å². The van der Waals surface area contributed by atoms with Gasteiger partial charge in [0, 0.05) is 6.61 Å². The molecule has 4 nitrogen and oxygen atoms in total. The second-order valence-corrected chi connectivity index (χ2v) is 9.32. The average molecular weight is 479 g/mol. The minimum Gasteiger partial charge on any atom is -0.491 e. The smallest absolute Gasteiger partial charge is 0.119 e. The Balaban J connectivity index is 1.81. The van der Waals surface area contributed by atoms with E-state index in [1.807, 2.05) is 0 Å². The minimum absolute atomic E-state index is 0.568. The predicted molar refractivity (Wildman–Crippen MR) is 144 cm³/mol. The fourth-order valence-electron chi connectivity index (χ4n) is 3.96. The van der Waals surface area contributed by atoms with Gasteiger partial charge < -0.3 is 18.9 Å². The van der Waals surface area contributed by atoms with Crippen molar-refractivity contribution in [1.29, 1.82) is 0 Å². The number of rotatable bonds is 26. The summed E-state index contributed by atoms with van der Waals surface area (Å²) in [7, 11) is 0. The molecular formula is C30H54O4. The van der Waals surface area contributed by atoms with Gasteiger partial charge in [-0.25, -0.2) is 0 Å². The standard InChI is InChI=1S/C30H54O4/c1-3-5-7-9-11-12-14-16-22-31-23-24-32-25-26-33-27-28-34-30-20-18-29(19-21-30)17-15-13-10-8-6-4-2/h18-21H,3-17,22-28H2,1-2H3. The van der Waals surface area contributed by atoms with E-state index < -0.39 is 0 Å². The first-order valence-corrected chi connectivity index (χ1v) is 14.3. The van der Waals surface area contributed by atoms with Gasteiger partial charge >= 0.3 is 0 Å². The third-order valence-corrected chi connectivity index (χ3v) is 6.13. The van der Waals surface area contributed by atoms with Crippen molar-refractivity contribution in [2.75, 3.05) is 46.2 Å². The quantitative estimate of drug-likeness (QED) is 0.126. The Morgan fingerprint density at radius 3 is 1.44 bits per heavy atom. The van der Waals surface area contributed by atoms with Crippen molar-refractivity contribution in [3.05, 3.63) is 29.8 Å². The Kier molecular flexibility index (Phi) is 22.7. The third-order valence-electron chi connectivity index (χ3n) is 6.13. The highest BCUT2D eigenvalue weighted by Gasteiger charge is 1.98. The molecule has 0 atom stereocenters. The Morgan fingerprint density at radius 2 is 0.882 bits per heavy atom. The zero-order chi connectivity index (χ0) is 24.4. The molecule has 0 aliphatic heterocycles. The van der Waals surface area contributed by atoms with E-state index in [-0.39, 0.29) is 0 Å². The molecular weight excluding hydrogens is 424 g/mol. The second-order valence-electron chi connectivity index (χ2n) is 9.32. The van der Waals surface area contributed by atoms with E-state index in [1.165, 1.54) is 102 Å². The fourth-order valence-corrected chi connectivity index (χ4v) is 3.96. The van der Waals surface area contributed by atoms with Crippen LogP contribution in [0.5, 0.6) is 5.75 Å². The zero-order valence-corrected chi connectivity index (χ0v) is 22.5. The summed E-state index contributed by atoms with van der Waals surface area (Å²) < 4.78 is 22.6. The van der Waals surface area contributed by atoms with Crippen molar-refractivity contribution in [3.63, 3.8) is 0 Å². The molecule has 1 rings (SSSR count).